The molecule has 3 rings (SSSR count). The topological polar surface area (TPSA) is 123 Å². The van der Waals surface area contributed by atoms with Crippen molar-refractivity contribution in [3.8, 4) is 11.5 Å². The number of nitrogens with one attached hydrogen (secondary N) is 1. The van der Waals surface area contributed by atoms with Gasteiger partial charge in [0.15, 0.2) is 11.5 Å². The highest BCUT2D eigenvalue weighted by atomic mass is 79.9. The number of ether oxygens (including phenoxy) is 3. The maximum absolute atomic E-state index is 14.3. The predicted octanol–water partition coefficient (Wildman–Crippen LogP) is 3.73. The van der Waals surface area contributed by atoms with E-state index >= 15 is 0 Å². The summed E-state index contributed by atoms with van der Waals surface area (Å²) in [6.07, 6.45) is -1.04. The Morgan fingerprint density at radius 3 is 2.68 bits per heavy atom. The molecule has 3 aromatic rings. The number of rotatable bonds is 11. The summed E-state index contributed by atoms with van der Waals surface area (Å²) in [7, 11) is 1.46. The predicted molar refractivity (Wildman–Crippen MR) is 127 cm³/mol. The summed E-state index contributed by atoms with van der Waals surface area (Å²) in [5.41, 5.74) is 0.745. The van der Waals surface area contributed by atoms with Gasteiger partial charge in [0.2, 0.25) is 0 Å². The average Bonchev–Trinajstić information content (AvgIpc) is 2.79. The zero-order valence-corrected chi connectivity index (χ0v) is 20.2. The van der Waals surface area contributed by atoms with Crippen molar-refractivity contribution in [1.29, 1.82) is 0 Å². The summed E-state index contributed by atoms with van der Waals surface area (Å²) < 4.78 is 30.8. The molecule has 9 nitrogen and oxygen atoms in total. The van der Waals surface area contributed by atoms with Crippen molar-refractivity contribution in [2.24, 2.45) is 0 Å². The summed E-state index contributed by atoms with van der Waals surface area (Å²) in [5.74, 6) is 0.0473. The van der Waals surface area contributed by atoms with Gasteiger partial charge in [-0.2, -0.15) is 0 Å². The SMILES string of the molecule is CCOC(=O)CC(O)CC(O)COc1cc2ncnc(Nc3ccc(Br)cc3F)c2cc1OC. The first-order valence-corrected chi connectivity index (χ1v) is 11.3. The van der Waals surface area contributed by atoms with Crippen molar-refractivity contribution in [2.45, 2.75) is 32.0 Å². The van der Waals surface area contributed by atoms with Gasteiger partial charge in [0.25, 0.3) is 0 Å². The fraction of sp³-hybridized carbons (Fsp3) is 0.348. The molecular formula is C23H25BrFN3O6. The van der Waals surface area contributed by atoms with Gasteiger partial charge in [0.05, 0.1) is 43.5 Å². The van der Waals surface area contributed by atoms with Crippen LogP contribution in [0.2, 0.25) is 0 Å². The summed E-state index contributed by atoms with van der Waals surface area (Å²) in [4.78, 5) is 19.9. The Kier molecular flexibility index (Phi) is 8.97. The number of benzene rings is 2. The highest BCUT2D eigenvalue weighted by Crippen LogP contribution is 2.35. The van der Waals surface area contributed by atoms with Crippen molar-refractivity contribution < 1.29 is 33.6 Å². The zero-order valence-electron chi connectivity index (χ0n) is 18.6. The number of carbonyl (C=O) groups is 1. The standard InChI is InChI=1S/C23H25BrFN3O6/c1-3-33-22(31)8-14(29)7-15(30)11-34-21-10-19-16(9-20(21)32-2)23(27-12-26-19)28-18-5-4-13(24)6-17(18)25/h4-6,9-10,12,14-15,29-30H,3,7-8,11H2,1-2H3,(H,26,27,28). The fourth-order valence-corrected chi connectivity index (χ4v) is 3.55. The number of nitrogens with zero attached hydrogens (tertiary/aromatic N) is 2. The number of hydrogen-bond donors (Lipinski definition) is 3. The second-order valence-corrected chi connectivity index (χ2v) is 8.27. The van der Waals surface area contributed by atoms with Gasteiger partial charge in [0.1, 0.15) is 24.6 Å². The number of carbonyl (C=O) groups excluding carboxylic acids is 1. The molecule has 0 saturated heterocycles. The molecule has 0 bridgehead atoms. The van der Waals surface area contributed by atoms with Crippen LogP contribution < -0.4 is 14.8 Å². The molecular weight excluding hydrogens is 513 g/mol. The van der Waals surface area contributed by atoms with Gasteiger partial charge in [-0.25, -0.2) is 14.4 Å². The van der Waals surface area contributed by atoms with Crippen LogP contribution >= 0.6 is 15.9 Å². The molecule has 11 heteroatoms. The number of anilines is 2. The second kappa shape index (κ2) is 11.9. The summed E-state index contributed by atoms with van der Waals surface area (Å²) >= 11 is 3.23. The van der Waals surface area contributed by atoms with Gasteiger partial charge in [-0.1, -0.05) is 15.9 Å². The fourth-order valence-electron chi connectivity index (χ4n) is 3.22. The van der Waals surface area contributed by atoms with Crippen LogP contribution in [0.5, 0.6) is 11.5 Å². The first-order chi connectivity index (χ1) is 16.3. The van der Waals surface area contributed by atoms with Gasteiger partial charge in [-0.05, 0) is 31.2 Å². The minimum absolute atomic E-state index is 0.0658. The third-order valence-electron chi connectivity index (χ3n) is 4.79. The van der Waals surface area contributed by atoms with E-state index in [1.807, 2.05) is 0 Å². The van der Waals surface area contributed by atoms with Crippen LogP contribution in [0.3, 0.4) is 0 Å². The molecule has 0 aliphatic carbocycles. The van der Waals surface area contributed by atoms with Gasteiger partial charge in [0, 0.05) is 22.3 Å². The minimum atomic E-state index is -1.06. The van der Waals surface area contributed by atoms with Crippen molar-refractivity contribution in [2.75, 3.05) is 25.6 Å². The lowest BCUT2D eigenvalue weighted by Gasteiger charge is -2.18. The number of esters is 1. The quantitative estimate of drug-likeness (QED) is 0.314. The monoisotopic (exact) mass is 537 g/mol. The van der Waals surface area contributed by atoms with E-state index in [9.17, 15) is 19.4 Å². The van der Waals surface area contributed by atoms with Crippen LogP contribution in [0.25, 0.3) is 10.9 Å². The maximum Gasteiger partial charge on any atom is 0.308 e. The summed E-state index contributed by atoms with van der Waals surface area (Å²) in [6.45, 7) is 1.74. The molecule has 2 aromatic carbocycles. The number of methoxy groups -OCH3 is 1. The molecule has 1 aromatic heterocycles. The van der Waals surface area contributed by atoms with Crippen LogP contribution in [-0.4, -0.2) is 58.7 Å². The molecule has 34 heavy (non-hydrogen) atoms. The van der Waals surface area contributed by atoms with E-state index in [0.717, 1.165) is 0 Å². The van der Waals surface area contributed by atoms with Crippen molar-refractivity contribution in [3.63, 3.8) is 0 Å². The molecule has 0 fully saturated rings. The Morgan fingerprint density at radius 1 is 1.18 bits per heavy atom. The number of hydrogen-bond acceptors (Lipinski definition) is 9. The largest absolute Gasteiger partial charge is 0.493 e. The van der Waals surface area contributed by atoms with Gasteiger partial charge < -0.3 is 29.7 Å². The smallest absolute Gasteiger partial charge is 0.308 e. The first-order valence-electron chi connectivity index (χ1n) is 10.5. The highest BCUT2D eigenvalue weighted by molar-refractivity contribution is 9.10. The molecule has 182 valence electrons. The highest BCUT2D eigenvalue weighted by Gasteiger charge is 2.18. The molecule has 0 spiro atoms. The molecule has 3 N–H and O–H groups in total. The van der Waals surface area contributed by atoms with E-state index in [4.69, 9.17) is 14.2 Å². The Hall–Kier alpha value is -3.02. The Morgan fingerprint density at radius 2 is 1.97 bits per heavy atom. The molecule has 0 aliphatic rings. The van der Waals surface area contributed by atoms with E-state index in [1.54, 1.807) is 31.2 Å². The van der Waals surface area contributed by atoms with Crippen molar-refractivity contribution in [1.82, 2.24) is 9.97 Å². The molecule has 0 radical (unpaired) electrons. The molecule has 1 heterocycles. The number of aromatic nitrogens is 2. The third-order valence-corrected chi connectivity index (χ3v) is 5.28. The van der Waals surface area contributed by atoms with Gasteiger partial charge in [-0.15, -0.1) is 0 Å². The third kappa shape index (κ3) is 6.75. The Balaban J connectivity index is 1.73. The van der Waals surface area contributed by atoms with Crippen LogP contribution in [-0.2, 0) is 9.53 Å². The van der Waals surface area contributed by atoms with Crippen LogP contribution in [0.4, 0.5) is 15.9 Å². The number of fused-ring (bicyclic) bond motifs is 1. The van der Waals surface area contributed by atoms with E-state index in [2.05, 4.69) is 31.2 Å². The Labute approximate surface area is 204 Å². The van der Waals surface area contributed by atoms with E-state index in [1.165, 1.54) is 19.5 Å². The van der Waals surface area contributed by atoms with E-state index in [-0.39, 0.29) is 31.7 Å². The lowest BCUT2D eigenvalue weighted by atomic mass is 10.1. The average molecular weight is 538 g/mol. The Bertz CT molecular complexity index is 1150. The van der Waals surface area contributed by atoms with Crippen LogP contribution in [0, 0.1) is 5.82 Å². The second-order valence-electron chi connectivity index (χ2n) is 7.36. The number of aliphatic hydroxyl groups excluding tert-OH is 2. The summed E-state index contributed by atoms with van der Waals surface area (Å²) in [5, 5.41) is 23.7. The van der Waals surface area contributed by atoms with E-state index < -0.39 is 24.0 Å². The minimum Gasteiger partial charge on any atom is -0.493 e. The van der Waals surface area contributed by atoms with Crippen LogP contribution in [0.15, 0.2) is 41.1 Å². The van der Waals surface area contributed by atoms with E-state index in [0.29, 0.717) is 32.7 Å². The number of halogens is 2. The van der Waals surface area contributed by atoms with Crippen molar-refractivity contribution >= 4 is 44.3 Å². The zero-order chi connectivity index (χ0) is 24.7. The molecule has 2 unspecified atom stereocenters. The lowest BCUT2D eigenvalue weighted by molar-refractivity contribution is -0.145. The summed E-state index contributed by atoms with van der Waals surface area (Å²) in [6, 6.07) is 7.88. The van der Waals surface area contributed by atoms with Gasteiger partial charge >= 0.3 is 5.97 Å². The maximum atomic E-state index is 14.3. The lowest BCUT2D eigenvalue weighted by Crippen LogP contribution is -2.26. The van der Waals surface area contributed by atoms with Gasteiger partial charge in [-0.3, -0.25) is 4.79 Å². The number of aliphatic hydroxyl groups is 2. The van der Waals surface area contributed by atoms with Crippen LogP contribution in [0.1, 0.15) is 19.8 Å². The molecule has 0 amide bonds. The molecule has 2 atom stereocenters. The normalized spacial score (nSPS) is 12.8. The first kappa shape index (κ1) is 25.6. The van der Waals surface area contributed by atoms with Crippen molar-refractivity contribution in [3.05, 3.63) is 46.9 Å². The molecule has 0 saturated carbocycles. The molecule has 0 aliphatic heterocycles.